The summed E-state index contributed by atoms with van der Waals surface area (Å²) in [4.78, 5) is 24.3. The van der Waals surface area contributed by atoms with Gasteiger partial charge in [0.05, 0.1) is 0 Å². The van der Waals surface area contributed by atoms with Crippen molar-refractivity contribution in [1.29, 1.82) is 0 Å². The molecule has 0 aliphatic carbocycles. The second-order valence-electron chi connectivity index (χ2n) is 5.15. The number of anilines is 1. The van der Waals surface area contributed by atoms with Gasteiger partial charge >= 0.3 is 0 Å². The summed E-state index contributed by atoms with van der Waals surface area (Å²) in [5.41, 5.74) is 1.48. The number of nitrogens with one attached hydrogen (secondary N) is 2. The Morgan fingerprint density at radius 3 is 2.46 bits per heavy atom. The first-order valence-corrected chi connectivity index (χ1v) is 7.92. The van der Waals surface area contributed by atoms with Gasteiger partial charge in [0.2, 0.25) is 0 Å². The molecule has 0 aliphatic rings. The van der Waals surface area contributed by atoms with Gasteiger partial charge in [-0.25, -0.2) is 0 Å². The molecule has 0 spiro atoms. The summed E-state index contributed by atoms with van der Waals surface area (Å²) in [6, 6.07) is 13.4. The molecule has 0 fully saturated rings. The van der Waals surface area contributed by atoms with Crippen molar-refractivity contribution in [3.63, 3.8) is 0 Å². The van der Waals surface area contributed by atoms with Crippen LogP contribution in [0.15, 0.2) is 48.5 Å². The second kappa shape index (κ2) is 9.05. The molecular weight excluding hydrogens is 328 g/mol. The number of carbonyl (C=O) groups is 2. The van der Waals surface area contributed by atoms with Gasteiger partial charge in [-0.15, -0.1) is 0 Å². The third-order valence-corrected chi connectivity index (χ3v) is 3.52. The highest BCUT2D eigenvalue weighted by Crippen LogP contribution is 2.15. The van der Waals surface area contributed by atoms with Gasteiger partial charge in [0, 0.05) is 42.1 Å². The number of halogens is 1. The van der Waals surface area contributed by atoms with Crippen LogP contribution in [-0.4, -0.2) is 32.1 Å². The minimum absolute atomic E-state index is 0.190. The molecule has 2 rings (SSSR count). The van der Waals surface area contributed by atoms with E-state index in [4.69, 9.17) is 16.3 Å². The first-order valence-electron chi connectivity index (χ1n) is 7.54. The third-order valence-electron chi connectivity index (χ3n) is 3.28. The van der Waals surface area contributed by atoms with Crippen molar-refractivity contribution in [2.24, 2.45) is 0 Å². The summed E-state index contributed by atoms with van der Waals surface area (Å²) in [5.74, 6) is -0.472. The van der Waals surface area contributed by atoms with Crippen molar-refractivity contribution in [3.05, 3.63) is 64.7 Å². The van der Waals surface area contributed by atoms with Crippen molar-refractivity contribution >= 4 is 29.1 Å². The lowest BCUT2D eigenvalue weighted by Gasteiger charge is -2.08. The predicted octanol–water partition coefficient (Wildman–Crippen LogP) is 3.36. The van der Waals surface area contributed by atoms with Gasteiger partial charge < -0.3 is 15.4 Å². The van der Waals surface area contributed by atoms with Crippen LogP contribution in [0.2, 0.25) is 5.02 Å². The second-order valence-corrected chi connectivity index (χ2v) is 5.58. The lowest BCUT2D eigenvalue weighted by atomic mass is 10.1. The fourth-order valence-corrected chi connectivity index (χ4v) is 2.28. The smallest absolute Gasteiger partial charge is 0.255 e. The van der Waals surface area contributed by atoms with Crippen molar-refractivity contribution < 1.29 is 14.3 Å². The maximum Gasteiger partial charge on any atom is 0.255 e. The molecule has 2 N–H and O–H groups in total. The zero-order valence-electron chi connectivity index (χ0n) is 13.3. The van der Waals surface area contributed by atoms with Crippen LogP contribution in [0.5, 0.6) is 0 Å². The summed E-state index contributed by atoms with van der Waals surface area (Å²) in [6.07, 6.45) is 0.743. The van der Waals surface area contributed by atoms with Crippen molar-refractivity contribution in [3.8, 4) is 0 Å². The van der Waals surface area contributed by atoms with Gasteiger partial charge in [0.25, 0.3) is 11.8 Å². The van der Waals surface area contributed by atoms with E-state index in [0.717, 1.165) is 6.42 Å². The average Bonchev–Trinajstić information content (AvgIpc) is 2.59. The SMILES string of the molecule is COCCCNC(=O)c1cccc(NC(=O)c2cccc(Cl)c2)c1. The van der Waals surface area contributed by atoms with Crippen molar-refractivity contribution in [1.82, 2.24) is 5.32 Å². The van der Waals surface area contributed by atoms with Gasteiger partial charge in [0.1, 0.15) is 0 Å². The molecule has 0 aliphatic heterocycles. The van der Waals surface area contributed by atoms with Gasteiger partial charge in [0.15, 0.2) is 0 Å². The molecule has 6 heteroatoms. The first-order chi connectivity index (χ1) is 11.6. The van der Waals surface area contributed by atoms with E-state index < -0.39 is 0 Å². The molecule has 0 radical (unpaired) electrons. The zero-order chi connectivity index (χ0) is 17.4. The highest BCUT2D eigenvalue weighted by molar-refractivity contribution is 6.31. The lowest BCUT2D eigenvalue weighted by Crippen LogP contribution is -2.25. The number of rotatable bonds is 7. The maximum atomic E-state index is 12.2. The van der Waals surface area contributed by atoms with Crippen LogP contribution in [0, 0.1) is 0 Å². The quantitative estimate of drug-likeness (QED) is 0.755. The summed E-state index contributed by atoms with van der Waals surface area (Å²) in [5, 5.41) is 6.06. The van der Waals surface area contributed by atoms with Gasteiger partial charge in [-0.3, -0.25) is 9.59 Å². The monoisotopic (exact) mass is 346 g/mol. The zero-order valence-corrected chi connectivity index (χ0v) is 14.1. The highest BCUT2D eigenvalue weighted by Gasteiger charge is 2.09. The molecule has 0 unspecified atom stereocenters. The van der Waals surface area contributed by atoms with Crippen LogP contribution < -0.4 is 10.6 Å². The Morgan fingerprint density at radius 2 is 1.75 bits per heavy atom. The Kier molecular flexibility index (Phi) is 6.78. The van der Waals surface area contributed by atoms with E-state index in [1.54, 1.807) is 55.6 Å². The summed E-state index contributed by atoms with van der Waals surface area (Å²) in [6.45, 7) is 1.13. The number of amides is 2. The maximum absolute atomic E-state index is 12.2. The number of hydrogen-bond acceptors (Lipinski definition) is 3. The molecule has 0 saturated heterocycles. The van der Waals surface area contributed by atoms with E-state index >= 15 is 0 Å². The Labute approximate surface area is 146 Å². The van der Waals surface area contributed by atoms with Crippen LogP contribution in [0.3, 0.4) is 0 Å². The minimum Gasteiger partial charge on any atom is -0.385 e. The van der Waals surface area contributed by atoms with E-state index in [1.165, 1.54) is 0 Å². The number of hydrogen-bond donors (Lipinski definition) is 2. The van der Waals surface area contributed by atoms with E-state index in [-0.39, 0.29) is 11.8 Å². The van der Waals surface area contributed by atoms with E-state index in [0.29, 0.717) is 35.0 Å². The summed E-state index contributed by atoms with van der Waals surface area (Å²) >= 11 is 5.89. The number of benzene rings is 2. The molecular formula is C18H19ClN2O3. The number of ether oxygens (including phenoxy) is 1. The van der Waals surface area contributed by atoms with Crippen molar-refractivity contribution in [2.45, 2.75) is 6.42 Å². The Bertz CT molecular complexity index is 719. The molecule has 0 saturated carbocycles. The van der Waals surface area contributed by atoms with Crippen LogP contribution in [0.1, 0.15) is 27.1 Å². The highest BCUT2D eigenvalue weighted by atomic mass is 35.5. The van der Waals surface area contributed by atoms with E-state index in [1.807, 2.05) is 0 Å². The fourth-order valence-electron chi connectivity index (χ4n) is 2.09. The van der Waals surface area contributed by atoms with E-state index in [9.17, 15) is 9.59 Å². The fraction of sp³-hybridized carbons (Fsp3) is 0.222. The topological polar surface area (TPSA) is 67.4 Å². The molecule has 0 bridgehead atoms. The summed E-state index contributed by atoms with van der Waals surface area (Å²) in [7, 11) is 1.62. The molecule has 2 aromatic rings. The molecule has 0 atom stereocenters. The predicted molar refractivity (Wildman–Crippen MR) is 94.7 cm³/mol. The normalized spacial score (nSPS) is 10.2. The molecule has 2 aromatic carbocycles. The van der Waals surface area contributed by atoms with Gasteiger partial charge in [-0.2, -0.15) is 0 Å². The standard InChI is InChI=1S/C18H19ClN2O3/c1-24-10-4-9-20-17(22)14-6-3-8-16(12-14)21-18(23)13-5-2-7-15(19)11-13/h2-3,5-8,11-12H,4,9-10H2,1H3,(H,20,22)(H,21,23). The minimum atomic E-state index is -0.282. The van der Waals surface area contributed by atoms with Crippen LogP contribution in [0.25, 0.3) is 0 Å². The largest absolute Gasteiger partial charge is 0.385 e. The van der Waals surface area contributed by atoms with Crippen LogP contribution in [0.4, 0.5) is 5.69 Å². The van der Waals surface area contributed by atoms with Gasteiger partial charge in [-0.05, 0) is 42.8 Å². The lowest BCUT2D eigenvalue weighted by molar-refractivity contribution is 0.0947. The molecule has 2 amide bonds. The molecule has 0 heterocycles. The van der Waals surface area contributed by atoms with Crippen molar-refractivity contribution in [2.75, 3.05) is 25.6 Å². The third kappa shape index (κ3) is 5.37. The Balaban J connectivity index is 1.99. The Hall–Kier alpha value is -2.37. The first kappa shape index (κ1) is 18.0. The van der Waals surface area contributed by atoms with E-state index in [2.05, 4.69) is 10.6 Å². The summed E-state index contributed by atoms with van der Waals surface area (Å²) < 4.78 is 4.93. The number of methoxy groups -OCH3 is 1. The van der Waals surface area contributed by atoms with Crippen LogP contribution >= 0.6 is 11.6 Å². The van der Waals surface area contributed by atoms with Crippen LogP contribution in [-0.2, 0) is 4.74 Å². The average molecular weight is 347 g/mol. The van der Waals surface area contributed by atoms with Gasteiger partial charge in [-0.1, -0.05) is 23.7 Å². The number of carbonyl (C=O) groups excluding carboxylic acids is 2. The molecule has 24 heavy (non-hydrogen) atoms. The molecule has 5 nitrogen and oxygen atoms in total. The molecule has 0 aromatic heterocycles. The Morgan fingerprint density at radius 1 is 1.04 bits per heavy atom. The molecule has 126 valence electrons.